The zero-order chi connectivity index (χ0) is 16.7. The first-order valence-corrected chi connectivity index (χ1v) is 11.5. The maximum absolute atomic E-state index is 4.43. The number of unbranched alkanes of at least 4 members (excludes halogenated alkanes) is 1. The van der Waals surface area contributed by atoms with Gasteiger partial charge in [-0.05, 0) is 0 Å². The summed E-state index contributed by atoms with van der Waals surface area (Å²) in [6, 6.07) is 33.4. The molecular weight excluding hydrogens is 327 g/mol. The van der Waals surface area contributed by atoms with Crippen LogP contribution >= 0.6 is 19.9 Å². The Hall–Kier alpha value is -1.56. The summed E-state index contributed by atoms with van der Waals surface area (Å²) >= 11 is 4.43. The summed E-state index contributed by atoms with van der Waals surface area (Å²) in [6.45, 7) is 0. The van der Waals surface area contributed by atoms with E-state index >= 15 is 0 Å². The van der Waals surface area contributed by atoms with E-state index in [1.54, 1.807) is 0 Å². The van der Waals surface area contributed by atoms with Crippen LogP contribution in [0.3, 0.4) is 0 Å². The van der Waals surface area contributed by atoms with Gasteiger partial charge in [-0.25, -0.2) is 0 Å². The Morgan fingerprint density at radius 3 is 1.25 bits per heavy atom. The fourth-order valence-electron chi connectivity index (χ4n) is 3.60. The molecule has 0 radical (unpaired) electrons. The molecule has 0 aliphatic carbocycles. The first-order valence-electron chi connectivity index (χ1n) is 8.65. The second-order valence-corrected chi connectivity index (χ2v) is 10.7. The first-order chi connectivity index (χ1) is 11.9. The molecule has 0 bridgehead atoms. The van der Waals surface area contributed by atoms with E-state index in [9.17, 15) is 0 Å². The van der Waals surface area contributed by atoms with Crippen molar-refractivity contribution in [2.24, 2.45) is 0 Å². The third kappa shape index (κ3) is 3.58. The van der Waals surface area contributed by atoms with Crippen LogP contribution in [0.2, 0.25) is 0 Å². The fourth-order valence-corrected chi connectivity index (χ4v) is 8.76. The van der Waals surface area contributed by atoms with Gasteiger partial charge in [-0.15, -0.1) is 0 Å². The quantitative estimate of drug-likeness (QED) is 0.363. The minimum absolute atomic E-state index is 0.961. The Labute approximate surface area is 151 Å². The summed E-state index contributed by atoms with van der Waals surface area (Å²) in [5.41, 5.74) is 0. The zero-order valence-corrected chi connectivity index (χ0v) is 15.8. The Balaban J connectivity index is 2.20. The fraction of sp³-hybridized carbons (Fsp3) is 0.182. The van der Waals surface area contributed by atoms with Gasteiger partial charge in [0.05, 0.1) is 0 Å². The van der Waals surface area contributed by atoms with Crippen LogP contribution in [0.25, 0.3) is 0 Å². The van der Waals surface area contributed by atoms with Gasteiger partial charge in [0.1, 0.15) is 0 Å². The van der Waals surface area contributed by atoms with Crippen molar-refractivity contribution >= 4 is 35.8 Å². The molecular formula is C22H25PS. The summed E-state index contributed by atoms with van der Waals surface area (Å²) in [4.78, 5) is 0. The van der Waals surface area contributed by atoms with Crippen LogP contribution in [0, 0.1) is 0 Å². The molecule has 0 saturated heterocycles. The van der Waals surface area contributed by atoms with Crippen molar-refractivity contribution in [3.63, 3.8) is 0 Å². The molecule has 0 atom stereocenters. The number of benzene rings is 3. The third-order valence-electron chi connectivity index (χ3n) is 4.76. The van der Waals surface area contributed by atoms with E-state index in [4.69, 9.17) is 0 Å². The van der Waals surface area contributed by atoms with Crippen molar-refractivity contribution in [2.75, 3.05) is 11.9 Å². The molecule has 2 heteroatoms. The molecule has 0 aliphatic rings. The number of hydrogen-bond acceptors (Lipinski definition) is 1. The van der Waals surface area contributed by atoms with E-state index in [0.29, 0.717) is 0 Å². The molecule has 0 spiro atoms. The second-order valence-electron chi connectivity index (χ2n) is 6.18. The molecule has 0 aliphatic heterocycles. The molecule has 0 heterocycles. The molecule has 0 saturated carbocycles. The van der Waals surface area contributed by atoms with Crippen molar-refractivity contribution in [3.8, 4) is 0 Å². The average Bonchev–Trinajstić information content (AvgIpc) is 2.68. The van der Waals surface area contributed by atoms with Crippen molar-refractivity contribution < 1.29 is 0 Å². The summed E-state index contributed by atoms with van der Waals surface area (Å²) in [6.07, 6.45) is 3.62. The van der Waals surface area contributed by atoms with E-state index in [-0.39, 0.29) is 0 Å². The Morgan fingerprint density at radius 2 is 0.917 bits per heavy atom. The second kappa shape index (κ2) is 8.51. The summed E-state index contributed by atoms with van der Waals surface area (Å²) in [7, 11) is -2.00. The van der Waals surface area contributed by atoms with Crippen LogP contribution in [0.1, 0.15) is 12.8 Å². The van der Waals surface area contributed by atoms with E-state index in [0.717, 1.165) is 5.75 Å². The van der Waals surface area contributed by atoms with E-state index in [1.165, 1.54) is 34.9 Å². The van der Waals surface area contributed by atoms with Crippen LogP contribution in [0.4, 0.5) is 0 Å². The average molecular weight is 352 g/mol. The molecule has 3 aromatic rings. The molecule has 0 aromatic heterocycles. The van der Waals surface area contributed by atoms with Gasteiger partial charge < -0.3 is 0 Å². The molecule has 3 rings (SSSR count). The van der Waals surface area contributed by atoms with Gasteiger partial charge in [-0.1, -0.05) is 0 Å². The molecule has 3 aromatic carbocycles. The van der Waals surface area contributed by atoms with Crippen molar-refractivity contribution in [3.05, 3.63) is 91.0 Å². The molecule has 0 amide bonds. The van der Waals surface area contributed by atoms with Crippen molar-refractivity contribution in [2.45, 2.75) is 12.8 Å². The molecule has 0 fully saturated rings. The monoisotopic (exact) mass is 352 g/mol. The van der Waals surface area contributed by atoms with E-state index in [2.05, 4.69) is 104 Å². The van der Waals surface area contributed by atoms with Crippen LogP contribution in [-0.2, 0) is 0 Å². The normalized spacial score (nSPS) is 12.0. The Morgan fingerprint density at radius 1 is 0.542 bits per heavy atom. The zero-order valence-electron chi connectivity index (χ0n) is 13.9. The summed E-state index contributed by atoms with van der Waals surface area (Å²) in [5, 5.41) is 4.50. The van der Waals surface area contributed by atoms with Crippen LogP contribution in [0.5, 0.6) is 0 Å². The minimum atomic E-state index is -2.00. The predicted octanol–water partition coefficient (Wildman–Crippen LogP) is 4.42. The van der Waals surface area contributed by atoms with E-state index in [1.807, 2.05) is 0 Å². The molecule has 124 valence electrons. The summed E-state index contributed by atoms with van der Waals surface area (Å²) in [5.74, 6) is 0.961. The van der Waals surface area contributed by atoms with Gasteiger partial charge in [0.25, 0.3) is 0 Å². The van der Waals surface area contributed by atoms with Crippen LogP contribution < -0.4 is 15.9 Å². The van der Waals surface area contributed by atoms with Gasteiger partial charge >= 0.3 is 152 Å². The van der Waals surface area contributed by atoms with Gasteiger partial charge in [0, 0.05) is 0 Å². The molecule has 0 nitrogen and oxygen atoms in total. The molecule has 24 heavy (non-hydrogen) atoms. The number of rotatable bonds is 7. The van der Waals surface area contributed by atoms with Crippen molar-refractivity contribution in [1.82, 2.24) is 0 Å². The number of thiol groups is 1. The van der Waals surface area contributed by atoms with Crippen LogP contribution in [-0.4, -0.2) is 11.9 Å². The predicted molar refractivity (Wildman–Crippen MR) is 114 cm³/mol. The van der Waals surface area contributed by atoms with Crippen LogP contribution in [0.15, 0.2) is 91.0 Å². The maximum atomic E-state index is 4.43. The third-order valence-corrected chi connectivity index (χ3v) is 10.1. The Kier molecular flexibility index (Phi) is 6.12. The van der Waals surface area contributed by atoms with Gasteiger partial charge in [-0.2, -0.15) is 0 Å². The molecule has 0 N–H and O–H groups in total. The van der Waals surface area contributed by atoms with E-state index < -0.39 is 7.26 Å². The SMILES string of the molecule is SCCCC[PH](c1ccccc1)(c1ccccc1)c1ccccc1. The first kappa shape index (κ1) is 17.3. The molecule has 0 unspecified atom stereocenters. The van der Waals surface area contributed by atoms with Gasteiger partial charge in [0.15, 0.2) is 0 Å². The topological polar surface area (TPSA) is 0 Å². The number of hydrogen-bond donors (Lipinski definition) is 1. The summed E-state index contributed by atoms with van der Waals surface area (Å²) < 4.78 is 0. The Bertz CT molecular complexity index is 629. The van der Waals surface area contributed by atoms with Gasteiger partial charge in [0.2, 0.25) is 0 Å². The standard InChI is InChI=1S/C22H25PS/c24-19-11-10-18-23(20-12-4-1-5-13-20,21-14-6-2-7-15-21)22-16-8-3-9-17-22/h1-9,12-17,23-24H,10-11,18-19H2. The van der Waals surface area contributed by atoms with Crippen molar-refractivity contribution in [1.29, 1.82) is 0 Å². The van der Waals surface area contributed by atoms with Gasteiger partial charge in [-0.3, -0.25) is 0 Å².